The third kappa shape index (κ3) is 5.80. The first-order valence-electron chi connectivity index (χ1n) is 7.90. The highest BCUT2D eigenvalue weighted by Crippen LogP contribution is 2.17. The average molecular weight is 344 g/mol. The predicted molar refractivity (Wildman–Crippen MR) is 81.4 cm³/mol. The second-order valence-electron chi connectivity index (χ2n) is 5.32. The molecule has 136 valence electrons. The van der Waals surface area contributed by atoms with Crippen molar-refractivity contribution < 1.29 is 33.4 Å². The number of amides is 2. The molecule has 0 aromatic rings. The summed E-state index contributed by atoms with van der Waals surface area (Å²) in [5, 5.41) is 2.44. The molecule has 0 aromatic heterocycles. The zero-order valence-corrected chi connectivity index (χ0v) is 13.9. The smallest absolute Gasteiger partial charge is 0.312 e. The lowest BCUT2D eigenvalue weighted by atomic mass is 9.94. The van der Waals surface area contributed by atoms with Gasteiger partial charge in [0.2, 0.25) is 11.8 Å². The van der Waals surface area contributed by atoms with Gasteiger partial charge in [-0.3, -0.25) is 19.2 Å². The highest BCUT2D eigenvalue weighted by molar-refractivity contribution is 5.93. The van der Waals surface area contributed by atoms with Gasteiger partial charge in [-0.05, 0) is 20.3 Å². The second-order valence-corrected chi connectivity index (χ2v) is 5.32. The van der Waals surface area contributed by atoms with Crippen LogP contribution in [0.4, 0.5) is 0 Å². The van der Waals surface area contributed by atoms with Crippen LogP contribution in [0, 0.1) is 11.8 Å². The van der Waals surface area contributed by atoms with Crippen LogP contribution in [0.1, 0.15) is 26.7 Å². The summed E-state index contributed by atoms with van der Waals surface area (Å²) >= 11 is 0. The summed E-state index contributed by atoms with van der Waals surface area (Å²) in [6.07, 6.45) is 0.0982. The Morgan fingerprint density at radius 3 is 2.38 bits per heavy atom. The monoisotopic (exact) mass is 344 g/mol. The molecule has 3 atom stereocenters. The largest absolute Gasteiger partial charge is 0.466 e. The van der Waals surface area contributed by atoms with Crippen LogP contribution in [0.5, 0.6) is 0 Å². The van der Waals surface area contributed by atoms with Gasteiger partial charge in [-0.2, -0.15) is 0 Å². The minimum atomic E-state index is -1.36. The van der Waals surface area contributed by atoms with Crippen LogP contribution in [0.25, 0.3) is 0 Å². The summed E-state index contributed by atoms with van der Waals surface area (Å²) in [5.41, 5.74) is 5.32. The van der Waals surface area contributed by atoms with Gasteiger partial charge >= 0.3 is 11.9 Å². The SMILES string of the molecule is CCOC(=O)C[C@@H](C(=O)OCC)[C@@H](NC(=O)[C@H]1CCOC1)C(N)=O. The van der Waals surface area contributed by atoms with Crippen molar-refractivity contribution in [3.63, 3.8) is 0 Å². The van der Waals surface area contributed by atoms with Gasteiger partial charge in [-0.1, -0.05) is 0 Å². The molecule has 1 saturated heterocycles. The number of hydrogen-bond acceptors (Lipinski definition) is 7. The molecular weight excluding hydrogens is 320 g/mol. The van der Waals surface area contributed by atoms with E-state index in [0.717, 1.165) is 0 Å². The third-order valence-corrected chi connectivity index (χ3v) is 3.59. The standard InChI is InChI=1S/C15H24N2O7/c1-3-23-11(18)7-10(15(21)24-4-2)12(13(16)19)17-14(20)9-5-6-22-8-9/h9-10,12H,3-8H2,1-2H3,(H2,16,19)(H,17,20)/t9-,10+,12+/m0/s1. The van der Waals surface area contributed by atoms with Gasteiger partial charge in [-0.15, -0.1) is 0 Å². The Bertz CT molecular complexity index is 474. The van der Waals surface area contributed by atoms with Crippen molar-refractivity contribution in [2.45, 2.75) is 32.7 Å². The van der Waals surface area contributed by atoms with E-state index < -0.39 is 48.1 Å². The van der Waals surface area contributed by atoms with Crippen molar-refractivity contribution in [3.05, 3.63) is 0 Å². The Kier molecular flexibility index (Phi) is 8.17. The molecule has 0 aliphatic carbocycles. The van der Waals surface area contributed by atoms with E-state index in [1.807, 2.05) is 0 Å². The van der Waals surface area contributed by atoms with Crippen LogP contribution < -0.4 is 11.1 Å². The Hall–Kier alpha value is -2.16. The van der Waals surface area contributed by atoms with Gasteiger partial charge < -0.3 is 25.3 Å². The van der Waals surface area contributed by atoms with Crippen molar-refractivity contribution in [2.75, 3.05) is 26.4 Å². The fourth-order valence-electron chi connectivity index (χ4n) is 2.37. The predicted octanol–water partition coefficient (Wildman–Crippen LogP) is -0.874. The van der Waals surface area contributed by atoms with Crippen molar-refractivity contribution in [1.82, 2.24) is 5.32 Å². The van der Waals surface area contributed by atoms with E-state index in [0.29, 0.717) is 13.0 Å². The summed E-state index contributed by atoms with van der Waals surface area (Å²) in [6.45, 7) is 4.08. The Morgan fingerprint density at radius 1 is 1.21 bits per heavy atom. The minimum absolute atomic E-state index is 0.0635. The molecule has 24 heavy (non-hydrogen) atoms. The van der Waals surface area contributed by atoms with Crippen molar-refractivity contribution in [1.29, 1.82) is 0 Å². The normalized spacial score (nSPS) is 19.2. The highest BCUT2D eigenvalue weighted by Gasteiger charge is 2.38. The van der Waals surface area contributed by atoms with Crippen molar-refractivity contribution >= 4 is 23.8 Å². The zero-order valence-electron chi connectivity index (χ0n) is 13.9. The topological polar surface area (TPSA) is 134 Å². The van der Waals surface area contributed by atoms with E-state index in [-0.39, 0.29) is 19.8 Å². The van der Waals surface area contributed by atoms with Crippen molar-refractivity contribution in [2.24, 2.45) is 17.6 Å². The number of hydrogen-bond donors (Lipinski definition) is 2. The van der Waals surface area contributed by atoms with Gasteiger partial charge in [0.15, 0.2) is 0 Å². The summed E-state index contributed by atoms with van der Waals surface area (Å²) in [6, 6.07) is -1.36. The second kappa shape index (κ2) is 9.86. The summed E-state index contributed by atoms with van der Waals surface area (Å²) in [4.78, 5) is 47.8. The van der Waals surface area contributed by atoms with Crippen LogP contribution in [-0.2, 0) is 33.4 Å². The number of rotatable bonds is 9. The van der Waals surface area contributed by atoms with Crippen LogP contribution >= 0.6 is 0 Å². The maximum atomic E-state index is 12.2. The van der Waals surface area contributed by atoms with Crippen LogP contribution in [0.3, 0.4) is 0 Å². The number of carbonyl (C=O) groups is 4. The Morgan fingerprint density at radius 2 is 1.88 bits per heavy atom. The summed E-state index contributed by atoms with van der Waals surface area (Å²) in [7, 11) is 0. The minimum Gasteiger partial charge on any atom is -0.466 e. The Labute approximate surface area is 140 Å². The van der Waals surface area contributed by atoms with Gasteiger partial charge in [-0.25, -0.2) is 0 Å². The molecule has 9 heteroatoms. The lowest BCUT2D eigenvalue weighted by Crippen LogP contribution is -2.53. The number of carbonyl (C=O) groups excluding carboxylic acids is 4. The molecule has 1 aliphatic rings. The maximum Gasteiger partial charge on any atom is 0.312 e. The molecule has 0 unspecified atom stereocenters. The lowest BCUT2D eigenvalue weighted by Gasteiger charge is -2.24. The van der Waals surface area contributed by atoms with Gasteiger partial charge in [0.1, 0.15) is 6.04 Å². The average Bonchev–Trinajstić information content (AvgIpc) is 3.05. The molecule has 1 fully saturated rings. The molecule has 0 radical (unpaired) electrons. The molecule has 1 aliphatic heterocycles. The summed E-state index contributed by atoms with van der Waals surface area (Å²) < 4.78 is 14.8. The molecule has 2 amide bonds. The van der Waals surface area contributed by atoms with E-state index in [1.54, 1.807) is 13.8 Å². The molecule has 1 heterocycles. The van der Waals surface area contributed by atoms with Crippen molar-refractivity contribution in [3.8, 4) is 0 Å². The molecule has 0 bridgehead atoms. The van der Waals surface area contributed by atoms with Gasteiger partial charge in [0.05, 0.1) is 38.1 Å². The molecule has 9 nitrogen and oxygen atoms in total. The number of nitrogens with two attached hydrogens (primary N) is 1. The van der Waals surface area contributed by atoms with E-state index in [1.165, 1.54) is 0 Å². The van der Waals surface area contributed by atoms with Gasteiger partial charge in [0, 0.05) is 6.61 Å². The first kappa shape index (κ1) is 19.9. The maximum absolute atomic E-state index is 12.2. The number of primary amides is 1. The molecule has 0 saturated carbocycles. The quantitative estimate of drug-likeness (QED) is 0.519. The fourth-order valence-corrected chi connectivity index (χ4v) is 2.37. The van der Waals surface area contributed by atoms with E-state index in [2.05, 4.69) is 5.32 Å². The first-order chi connectivity index (χ1) is 11.4. The van der Waals surface area contributed by atoms with Crippen LogP contribution in [0.15, 0.2) is 0 Å². The van der Waals surface area contributed by atoms with Crippen LogP contribution in [0.2, 0.25) is 0 Å². The molecular formula is C15H24N2O7. The Balaban J connectivity index is 2.89. The van der Waals surface area contributed by atoms with Gasteiger partial charge in [0.25, 0.3) is 0 Å². The lowest BCUT2D eigenvalue weighted by molar-refractivity contribution is -0.157. The zero-order chi connectivity index (χ0) is 18.1. The summed E-state index contributed by atoms with van der Waals surface area (Å²) in [5.74, 6) is -4.51. The molecule has 1 rings (SSSR count). The molecule has 0 aromatic carbocycles. The number of ether oxygens (including phenoxy) is 3. The number of esters is 2. The third-order valence-electron chi connectivity index (χ3n) is 3.59. The highest BCUT2D eigenvalue weighted by atomic mass is 16.5. The van der Waals surface area contributed by atoms with E-state index in [9.17, 15) is 19.2 Å². The number of nitrogens with one attached hydrogen (secondary N) is 1. The van der Waals surface area contributed by atoms with E-state index >= 15 is 0 Å². The molecule has 0 spiro atoms. The first-order valence-corrected chi connectivity index (χ1v) is 7.90. The van der Waals surface area contributed by atoms with E-state index in [4.69, 9.17) is 19.9 Å². The van der Waals surface area contributed by atoms with Crippen LogP contribution in [-0.4, -0.2) is 56.2 Å². The fraction of sp³-hybridized carbons (Fsp3) is 0.733. The molecule has 3 N–H and O–H groups in total.